The molecule has 1 heterocycles. The first-order valence-corrected chi connectivity index (χ1v) is 5.76. The van der Waals surface area contributed by atoms with Gasteiger partial charge in [-0.05, 0) is 25.5 Å². The van der Waals surface area contributed by atoms with Crippen LogP contribution < -0.4 is 14.2 Å². The van der Waals surface area contributed by atoms with Crippen LogP contribution in [0.2, 0.25) is 0 Å². The average molecular weight is 234 g/mol. The summed E-state index contributed by atoms with van der Waals surface area (Å²) in [4.78, 5) is 0. The van der Waals surface area contributed by atoms with E-state index in [-0.39, 0.29) is 5.60 Å². The van der Waals surface area contributed by atoms with E-state index in [4.69, 9.17) is 14.2 Å². The van der Waals surface area contributed by atoms with Gasteiger partial charge in [-0.15, -0.1) is 0 Å². The highest BCUT2D eigenvalue weighted by molar-refractivity contribution is 5.66. The summed E-state index contributed by atoms with van der Waals surface area (Å²) >= 11 is 0. The molecule has 3 nitrogen and oxygen atoms in total. The van der Waals surface area contributed by atoms with Crippen LogP contribution in [0.15, 0.2) is 18.2 Å². The van der Waals surface area contributed by atoms with Crippen LogP contribution in [0.5, 0.6) is 17.2 Å². The van der Waals surface area contributed by atoms with Crippen molar-refractivity contribution in [3.63, 3.8) is 0 Å². The standard InChI is InChI=1S/C14H18O3/c1-5-14(2)7-6-10-8-12(15-3)13(16-4)9-11(10)17-14/h6-9H,5H2,1-4H3. The maximum Gasteiger partial charge on any atom is 0.164 e. The van der Waals surface area contributed by atoms with Gasteiger partial charge in [0, 0.05) is 11.6 Å². The Bertz CT molecular complexity index is 451. The van der Waals surface area contributed by atoms with E-state index in [1.807, 2.05) is 12.1 Å². The van der Waals surface area contributed by atoms with Crippen LogP contribution >= 0.6 is 0 Å². The third-order valence-electron chi connectivity index (χ3n) is 3.18. The second kappa shape index (κ2) is 4.32. The predicted octanol–water partition coefficient (Wildman–Crippen LogP) is 3.28. The van der Waals surface area contributed by atoms with E-state index in [0.717, 1.165) is 23.5 Å². The lowest BCUT2D eigenvalue weighted by Gasteiger charge is -2.31. The largest absolute Gasteiger partial charge is 0.493 e. The lowest BCUT2D eigenvalue weighted by molar-refractivity contribution is 0.133. The molecule has 3 heteroatoms. The van der Waals surface area contributed by atoms with Gasteiger partial charge in [-0.3, -0.25) is 0 Å². The van der Waals surface area contributed by atoms with Gasteiger partial charge in [-0.1, -0.05) is 13.0 Å². The summed E-state index contributed by atoms with van der Waals surface area (Å²) in [7, 11) is 3.26. The van der Waals surface area contributed by atoms with Crippen molar-refractivity contribution in [1.29, 1.82) is 0 Å². The molecule has 1 aliphatic rings. The molecule has 1 aromatic rings. The van der Waals surface area contributed by atoms with Crippen molar-refractivity contribution in [3.05, 3.63) is 23.8 Å². The van der Waals surface area contributed by atoms with Gasteiger partial charge >= 0.3 is 0 Å². The molecule has 17 heavy (non-hydrogen) atoms. The lowest BCUT2D eigenvalue weighted by atomic mass is 9.97. The fraction of sp³-hybridized carbons (Fsp3) is 0.429. The molecule has 0 aliphatic carbocycles. The van der Waals surface area contributed by atoms with Crippen molar-refractivity contribution < 1.29 is 14.2 Å². The Balaban J connectivity index is 2.45. The summed E-state index contributed by atoms with van der Waals surface area (Å²) in [6, 6.07) is 3.81. The minimum Gasteiger partial charge on any atom is -0.493 e. The van der Waals surface area contributed by atoms with Crippen molar-refractivity contribution in [2.24, 2.45) is 0 Å². The van der Waals surface area contributed by atoms with Gasteiger partial charge < -0.3 is 14.2 Å². The summed E-state index contributed by atoms with van der Waals surface area (Å²) in [5, 5.41) is 0. The zero-order chi connectivity index (χ0) is 12.5. The summed E-state index contributed by atoms with van der Waals surface area (Å²) in [5.41, 5.74) is 0.792. The van der Waals surface area contributed by atoms with E-state index < -0.39 is 0 Å². The molecular formula is C14H18O3. The second-order valence-electron chi connectivity index (χ2n) is 4.35. The van der Waals surface area contributed by atoms with E-state index in [0.29, 0.717) is 5.75 Å². The number of methoxy groups -OCH3 is 2. The van der Waals surface area contributed by atoms with Gasteiger partial charge in [0.2, 0.25) is 0 Å². The molecule has 1 atom stereocenters. The van der Waals surface area contributed by atoms with Crippen molar-refractivity contribution in [2.45, 2.75) is 25.9 Å². The first-order chi connectivity index (χ1) is 8.11. The van der Waals surface area contributed by atoms with E-state index in [9.17, 15) is 0 Å². The summed E-state index contributed by atoms with van der Waals surface area (Å²) in [6.45, 7) is 4.18. The van der Waals surface area contributed by atoms with Crippen molar-refractivity contribution in [3.8, 4) is 17.2 Å². The first-order valence-electron chi connectivity index (χ1n) is 5.76. The molecule has 1 aromatic carbocycles. The molecule has 0 fully saturated rings. The molecule has 0 N–H and O–H groups in total. The number of rotatable bonds is 3. The summed E-state index contributed by atoms with van der Waals surface area (Å²) in [5.74, 6) is 2.26. The summed E-state index contributed by atoms with van der Waals surface area (Å²) < 4.78 is 16.5. The zero-order valence-electron chi connectivity index (χ0n) is 10.7. The molecule has 0 aromatic heterocycles. The SMILES string of the molecule is CCC1(C)C=Cc2cc(OC)c(OC)cc2O1. The fourth-order valence-corrected chi connectivity index (χ4v) is 1.84. The molecule has 1 aliphatic heterocycles. The Morgan fingerprint density at radius 3 is 2.41 bits per heavy atom. The second-order valence-corrected chi connectivity index (χ2v) is 4.35. The number of benzene rings is 1. The van der Waals surface area contributed by atoms with Crippen LogP contribution in [-0.4, -0.2) is 19.8 Å². The normalized spacial score (nSPS) is 21.6. The highest BCUT2D eigenvalue weighted by Gasteiger charge is 2.26. The third-order valence-corrected chi connectivity index (χ3v) is 3.18. The Morgan fingerprint density at radius 1 is 1.18 bits per heavy atom. The topological polar surface area (TPSA) is 27.7 Å². The Morgan fingerprint density at radius 2 is 1.82 bits per heavy atom. The maximum absolute atomic E-state index is 5.99. The van der Waals surface area contributed by atoms with E-state index in [1.165, 1.54) is 0 Å². The van der Waals surface area contributed by atoms with Crippen LogP contribution in [0, 0.1) is 0 Å². The number of hydrogen-bond acceptors (Lipinski definition) is 3. The Hall–Kier alpha value is -1.64. The summed E-state index contributed by atoms with van der Waals surface area (Å²) in [6.07, 6.45) is 5.09. The van der Waals surface area contributed by atoms with Crippen molar-refractivity contribution in [2.75, 3.05) is 14.2 Å². The quantitative estimate of drug-likeness (QED) is 0.803. The van der Waals surface area contributed by atoms with E-state index >= 15 is 0 Å². The minimum absolute atomic E-state index is 0.230. The van der Waals surface area contributed by atoms with Gasteiger partial charge in [-0.2, -0.15) is 0 Å². The molecule has 0 amide bonds. The van der Waals surface area contributed by atoms with Gasteiger partial charge in [0.25, 0.3) is 0 Å². The highest BCUT2D eigenvalue weighted by Crippen LogP contribution is 2.40. The molecule has 2 rings (SSSR count). The molecule has 92 valence electrons. The molecule has 0 saturated carbocycles. The van der Waals surface area contributed by atoms with E-state index in [2.05, 4.69) is 26.0 Å². The Labute approximate surface area is 102 Å². The molecule has 1 unspecified atom stereocenters. The predicted molar refractivity (Wildman–Crippen MR) is 67.9 cm³/mol. The maximum atomic E-state index is 5.99. The minimum atomic E-state index is -0.230. The molecule has 0 saturated heterocycles. The van der Waals surface area contributed by atoms with Crippen molar-refractivity contribution in [1.82, 2.24) is 0 Å². The molecule has 0 radical (unpaired) electrons. The number of fused-ring (bicyclic) bond motifs is 1. The Kier molecular flexibility index (Phi) is 3.01. The lowest BCUT2D eigenvalue weighted by Crippen LogP contribution is -2.30. The van der Waals surface area contributed by atoms with Gasteiger partial charge in [0.1, 0.15) is 11.4 Å². The van der Waals surface area contributed by atoms with Gasteiger partial charge in [0.15, 0.2) is 11.5 Å². The van der Waals surface area contributed by atoms with Crippen molar-refractivity contribution >= 4 is 6.08 Å². The highest BCUT2D eigenvalue weighted by atomic mass is 16.5. The van der Waals surface area contributed by atoms with Crippen LogP contribution in [0.4, 0.5) is 0 Å². The monoisotopic (exact) mass is 234 g/mol. The third kappa shape index (κ3) is 2.09. The number of ether oxygens (including phenoxy) is 3. The first kappa shape index (κ1) is 11.8. The van der Waals surface area contributed by atoms with Crippen LogP contribution in [0.25, 0.3) is 6.08 Å². The molecule has 0 spiro atoms. The zero-order valence-corrected chi connectivity index (χ0v) is 10.7. The van der Waals surface area contributed by atoms with Crippen LogP contribution in [0.3, 0.4) is 0 Å². The smallest absolute Gasteiger partial charge is 0.164 e. The average Bonchev–Trinajstić information content (AvgIpc) is 2.37. The van der Waals surface area contributed by atoms with Crippen LogP contribution in [-0.2, 0) is 0 Å². The fourth-order valence-electron chi connectivity index (χ4n) is 1.84. The van der Waals surface area contributed by atoms with Gasteiger partial charge in [0.05, 0.1) is 14.2 Å². The number of hydrogen-bond donors (Lipinski definition) is 0. The molecular weight excluding hydrogens is 216 g/mol. The molecule has 0 bridgehead atoms. The van der Waals surface area contributed by atoms with Crippen LogP contribution in [0.1, 0.15) is 25.8 Å². The van der Waals surface area contributed by atoms with Gasteiger partial charge in [-0.25, -0.2) is 0 Å². The van der Waals surface area contributed by atoms with E-state index in [1.54, 1.807) is 14.2 Å².